The molecule has 5 heteroatoms. The summed E-state index contributed by atoms with van der Waals surface area (Å²) in [5, 5.41) is 12.2. The van der Waals surface area contributed by atoms with Gasteiger partial charge in [0.05, 0.1) is 5.56 Å². The van der Waals surface area contributed by atoms with Gasteiger partial charge in [0.1, 0.15) is 11.4 Å². The molecule has 1 aliphatic rings. The highest BCUT2D eigenvalue weighted by Gasteiger charge is 2.42. The summed E-state index contributed by atoms with van der Waals surface area (Å²) >= 11 is 0. The molecule has 0 aliphatic carbocycles. The summed E-state index contributed by atoms with van der Waals surface area (Å²) in [6.07, 6.45) is 0. The molecule has 2 rings (SSSR count). The molecule has 1 atom stereocenters. The van der Waals surface area contributed by atoms with Gasteiger partial charge < -0.3 is 10.4 Å². The van der Waals surface area contributed by atoms with Crippen molar-refractivity contribution in [1.29, 1.82) is 0 Å². The van der Waals surface area contributed by atoms with Crippen LogP contribution in [-0.2, 0) is 4.79 Å². The molecule has 1 unspecified atom stereocenters. The van der Waals surface area contributed by atoms with Crippen LogP contribution >= 0.6 is 0 Å². The van der Waals surface area contributed by atoms with Crippen LogP contribution in [0.15, 0.2) is 23.2 Å². The number of amidine groups is 1. The highest BCUT2D eigenvalue weighted by Crippen LogP contribution is 2.25. The quantitative estimate of drug-likeness (QED) is 0.883. The van der Waals surface area contributed by atoms with Gasteiger partial charge in [0, 0.05) is 5.56 Å². The number of hydrogen-bond acceptors (Lipinski definition) is 3. The molecule has 1 heterocycles. The third kappa shape index (κ3) is 2.19. The van der Waals surface area contributed by atoms with Gasteiger partial charge in [-0.15, -0.1) is 0 Å². The zero-order valence-corrected chi connectivity index (χ0v) is 12.0. The van der Waals surface area contributed by atoms with Gasteiger partial charge in [-0.1, -0.05) is 19.9 Å². The van der Waals surface area contributed by atoms with E-state index in [4.69, 9.17) is 5.11 Å². The lowest BCUT2D eigenvalue weighted by atomic mass is 9.88. The summed E-state index contributed by atoms with van der Waals surface area (Å²) in [5.41, 5.74) is 0.978. The third-order valence-corrected chi connectivity index (χ3v) is 3.93. The molecule has 0 aromatic heterocycles. The lowest BCUT2D eigenvalue weighted by molar-refractivity contribution is -0.123. The Morgan fingerprint density at radius 3 is 2.55 bits per heavy atom. The van der Waals surface area contributed by atoms with Gasteiger partial charge in [-0.2, -0.15) is 4.99 Å². The Labute approximate surface area is 117 Å². The normalized spacial score (nSPS) is 21.9. The van der Waals surface area contributed by atoms with Crippen LogP contribution in [0.5, 0.6) is 0 Å². The largest absolute Gasteiger partial charge is 0.478 e. The second-order valence-corrected chi connectivity index (χ2v) is 5.58. The van der Waals surface area contributed by atoms with Crippen molar-refractivity contribution < 1.29 is 14.7 Å². The van der Waals surface area contributed by atoms with E-state index in [0.717, 1.165) is 5.56 Å². The first-order valence-electron chi connectivity index (χ1n) is 6.51. The van der Waals surface area contributed by atoms with Crippen LogP contribution in [0, 0.1) is 12.8 Å². The molecule has 5 nitrogen and oxygen atoms in total. The van der Waals surface area contributed by atoms with Crippen LogP contribution in [0.1, 0.15) is 42.3 Å². The molecule has 0 saturated heterocycles. The molecule has 0 saturated carbocycles. The van der Waals surface area contributed by atoms with E-state index in [-0.39, 0.29) is 17.4 Å². The molecule has 0 bridgehead atoms. The summed E-state index contributed by atoms with van der Waals surface area (Å²) in [5.74, 6) is -0.684. The molecule has 1 aromatic carbocycles. The van der Waals surface area contributed by atoms with E-state index in [2.05, 4.69) is 10.3 Å². The van der Waals surface area contributed by atoms with Crippen LogP contribution in [0.4, 0.5) is 0 Å². The first-order chi connectivity index (χ1) is 9.25. The van der Waals surface area contributed by atoms with Gasteiger partial charge in [-0.25, -0.2) is 4.79 Å². The highest BCUT2D eigenvalue weighted by atomic mass is 16.4. The Morgan fingerprint density at radius 1 is 1.40 bits per heavy atom. The van der Waals surface area contributed by atoms with Crippen molar-refractivity contribution in [3.05, 3.63) is 34.9 Å². The smallest absolute Gasteiger partial charge is 0.335 e. The number of hydrogen-bond donors (Lipinski definition) is 2. The fourth-order valence-electron chi connectivity index (χ4n) is 2.07. The second kappa shape index (κ2) is 4.74. The number of carboxylic acids is 1. The molecule has 1 aliphatic heterocycles. The number of rotatable bonds is 3. The zero-order valence-electron chi connectivity index (χ0n) is 12.0. The van der Waals surface area contributed by atoms with Crippen molar-refractivity contribution in [3.63, 3.8) is 0 Å². The van der Waals surface area contributed by atoms with Gasteiger partial charge in [-0.05, 0) is 37.5 Å². The monoisotopic (exact) mass is 274 g/mol. The van der Waals surface area contributed by atoms with Crippen molar-refractivity contribution in [1.82, 2.24) is 5.32 Å². The second-order valence-electron chi connectivity index (χ2n) is 5.58. The van der Waals surface area contributed by atoms with Crippen LogP contribution in [0.25, 0.3) is 0 Å². The molecule has 2 N–H and O–H groups in total. The number of aliphatic imine (C=N–C) groups is 1. The number of aryl methyl sites for hydroxylation is 1. The van der Waals surface area contributed by atoms with E-state index >= 15 is 0 Å². The van der Waals surface area contributed by atoms with E-state index in [1.807, 2.05) is 27.7 Å². The SMILES string of the molecule is Cc1ccc(C(=O)O)cc1C1=NC(=O)C(C)(C(C)C)N1. The maximum Gasteiger partial charge on any atom is 0.335 e. The van der Waals surface area contributed by atoms with E-state index in [0.29, 0.717) is 11.4 Å². The molecular formula is C15H18N2O3. The Kier molecular flexibility index (Phi) is 3.38. The Bertz CT molecular complexity index is 620. The van der Waals surface area contributed by atoms with E-state index < -0.39 is 11.5 Å². The summed E-state index contributed by atoms with van der Waals surface area (Å²) in [7, 11) is 0. The first kappa shape index (κ1) is 14.2. The summed E-state index contributed by atoms with van der Waals surface area (Å²) < 4.78 is 0. The van der Waals surface area contributed by atoms with Gasteiger partial charge in [-0.3, -0.25) is 4.79 Å². The number of benzene rings is 1. The van der Waals surface area contributed by atoms with Crippen LogP contribution in [0.3, 0.4) is 0 Å². The molecule has 1 aromatic rings. The number of nitrogens with one attached hydrogen (secondary N) is 1. The predicted molar refractivity (Wildman–Crippen MR) is 76.1 cm³/mol. The van der Waals surface area contributed by atoms with Crippen molar-refractivity contribution in [3.8, 4) is 0 Å². The maximum atomic E-state index is 12.1. The average molecular weight is 274 g/mol. The third-order valence-electron chi connectivity index (χ3n) is 3.93. The minimum Gasteiger partial charge on any atom is -0.478 e. The van der Waals surface area contributed by atoms with Crippen molar-refractivity contribution in [2.45, 2.75) is 33.2 Å². The fraction of sp³-hybridized carbons (Fsp3) is 0.400. The van der Waals surface area contributed by atoms with Crippen molar-refractivity contribution in [2.75, 3.05) is 0 Å². The molecule has 0 fully saturated rings. The number of carboxylic acid groups (broad SMARTS) is 1. The highest BCUT2D eigenvalue weighted by molar-refractivity contribution is 6.14. The van der Waals surface area contributed by atoms with Crippen LogP contribution < -0.4 is 5.32 Å². The maximum absolute atomic E-state index is 12.1. The first-order valence-corrected chi connectivity index (χ1v) is 6.51. The Balaban J connectivity index is 2.44. The summed E-state index contributed by atoms with van der Waals surface area (Å²) in [6, 6.07) is 4.81. The number of amides is 1. The van der Waals surface area contributed by atoms with Gasteiger partial charge in [0.25, 0.3) is 5.91 Å². The molecule has 0 radical (unpaired) electrons. The standard InChI is InChI=1S/C15H18N2O3/c1-8(2)15(4)14(20)16-12(17-15)11-7-10(13(18)19)6-5-9(11)3/h5-8H,1-4H3,(H,18,19)(H,16,17,20). The molecule has 0 spiro atoms. The lowest BCUT2D eigenvalue weighted by Gasteiger charge is -2.27. The van der Waals surface area contributed by atoms with Crippen LogP contribution in [0.2, 0.25) is 0 Å². The Hall–Kier alpha value is -2.17. The molecule has 1 amide bonds. The summed E-state index contributed by atoms with van der Waals surface area (Å²) in [4.78, 5) is 27.2. The van der Waals surface area contributed by atoms with E-state index in [9.17, 15) is 9.59 Å². The number of carbonyl (C=O) groups is 2. The van der Waals surface area contributed by atoms with Gasteiger partial charge in [0.15, 0.2) is 0 Å². The van der Waals surface area contributed by atoms with Crippen LogP contribution in [-0.4, -0.2) is 28.4 Å². The molecular weight excluding hydrogens is 256 g/mol. The van der Waals surface area contributed by atoms with E-state index in [1.54, 1.807) is 18.2 Å². The zero-order chi connectivity index (χ0) is 15.1. The fourth-order valence-corrected chi connectivity index (χ4v) is 2.07. The van der Waals surface area contributed by atoms with Crippen molar-refractivity contribution in [2.24, 2.45) is 10.9 Å². The minimum absolute atomic E-state index is 0.0826. The predicted octanol–water partition coefficient (Wildman–Crippen LogP) is 1.98. The lowest BCUT2D eigenvalue weighted by Crippen LogP contribution is -2.50. The minimum atomic E-state index is -0.997. The van der Waals surface area contributed by atoms with Crippen molar-refractivity contribution >= 4 is 17.7 Å². The average Bonchev–Trinajstić information content (AvgIpc) is 2.67. The Morgan fingerprint density at radius 2 is 2.05 bits per heavy atom. The number of carbonyl (C=O) groups excluding carboxylic acids is 1. The number of nitrogens with zero attached hydrogens (tertiary/aromatic N) is 1. The number of aromatic carboxylic acids is 1. The topological polar surface area (TPSA) is 78.8 Å². The summed E-state index contributed by atoms with van der Waals surface area (Å²) in [6.45, 7) is 7.57. The van der Waals surface area contributed by atoms with E-state index in [1.165, 1.54) is 0 Å². The van der Waals surface area contributed by atoms with Gasteiger partial charge >= 0.3 is 5.97 Å². The molecule has 106 valence electrons. The van der Waals surface area contributed by atoms with Gasteiger partial charge in [0.2, 0.25) is 0 Å². The molecule has 20 heavy (non-hydrogen) atoms.